The monoisotopic (exact) mass is 583 g/mol. The molecule has 9 heteroatoms. The molecule has 40 heavy (non-hydrogen) atoms. The summed E-state index contributed by atoms with van der Waals surface area (Å²) in [5.74, 6) is -0.831. The van der Waals surface area contributed by atoms with E-state index >= 15 is 0 Å². The zero-order valence-corrected chi connectivity index (χ0v) is 24.2. The summed E-state index contributed by atoms with van der Waals surface area (Å²) < 4.78 is 22.1. The fourth-order valence-corrected chi connectivity index (χ4v) is 5.66. The van der Waals surface area contributed by atoms with E-state index in [0.29, 0.717) is 44.0 Å². The summed E-state index contributed by atoms with van der Waals surface area (Å²) in [6.07, 6.45) is 3.17. The second-order valence-corrected chi connectivity index (χ2v) is 9.98. The van der Waals surface area contributed by atoms with E-state index < -0.39 is 29.9 Å². The van der Waals surface area contributed by atoms with Gasteiger partial charge in [0.25, 0.3) is 0 Å². The fourth-order valence-electron chi connectivity index (χ4n) is 5.20. The summed E-state index contributed by atoms with van der Waals surface area (Å²) in [6, 6.07) is 16.5. The van der Waals surface area contributed by atoms with Gasteiger partial charge in [-0.25, -0.2) is 0 Å². The van der Waals surface area contributed by atoms with Crippen LogP contribution in [0.15, 0.2) is 66.7 Å². The van der Waals surface area contributed by atoms with Crippen molar-refractivity contribution in [3.8, 4) is 17.2 Å². The number of allylic oxidation sites excluding steroid dienone is 1. The van der Waals surface area contributed by atoms with E-state index in [0.717, 1.165) is 0 Å². The normalized spacial score (nSPS) is 20.4. The third kappa shape index (κ3) is 5.97. The molecule has 0 spiro atoms. The third-order valence-corrected chi connectivity index (χ3v) is 7.66. The first kappa shape index (κ1) is 29.5. The minimum Gasteiger partial charge on any atom is -0.493 e. The van der Waals surface area contributed by atoms with E-state index in [1.165, 1.54) is 27.4 Å². The largest absolute Gasteiger partial charge is 0.493 e. The molecule has 0 radical (unpaired) electrons. The molecule has 210 valence electrons. The number of esters is 1. The minimum atomic E-state index is -0.855. The number of ether oxygens (including phenoxy) is 4. The highest BCUT2D eigenvalue weighted by Gasteiger charge is 2.51. The van der Waals surface area contributed by atoms with Crippen molar-refractivity contribution in [2.45, 2.75) is 24.9 Å². The molecule has 1 heterocycles. The van der Waals surface area contributed by atoms with Gasteiger partial charge >= 0.3 is 5.97 Å². The lowest BCUT2D eigenvalue weighted by atomic mass is 9.77. The Morgan fingerprint density at radius 3 is 2.10 bits per heavy atom. The van der Waals surface area contributed by atoms with Crippen molar-refractivity contribution in [3.63, 3.8) is 0 Å². The Kier molecular flexibility index (Phi) is 9.74. The van der Waals surface area contributed by atoms with Crippen LogP contribution in [0.25, 0.3) is 6.08 Å². The van der Waals surface area contributed by atoms with Gasteiger partial charge in [0.1, 0.15) is 6.04 Å². The Balaban J connectivity index is 1.90. The van der Waals surface area contributed by atoms with Gasteiger partial charge in [-0.2, -0.15) is 0 Å². The quantitative estimate of drug-likeness (QED) is 0.222. The summed E-state index contributed by atoms with van der Waals surface area (Å²) in [4.78, 5) is 27.4. The average Bonchev–Trinajstić information content (AvgIpc) is 3.37. The van der Waals surface area contributed by atoms with Crippen LogP contribution in [0.2, 0.25) is 10.0 Å². The number of benzene rings is 3. The van der Waals surface area contributed by atoms with E-state index in [2.05, 4.69) is 5.32 Å². The summed E-state index contributed by atoms with van der Waals surface area (Å²) in [5, 5.41) is 4.35. The molecule has 0 bridgehead atoms. The topological polar surface area (TPSA) is 83.1 Å². The number of nitrogens with one attached hydrogen (secondary N) is 1. The number of halogens is 2. The zero-order valence-electron chi connectivity index (χ0n) is 22.7. The first-order valence-electron chi connectivity index (χ1n) is 12.8. The van der Waals surface area contributed by atoms with Gasteiger partial charge in [-0.05, 0) is 60.0 Å². The van der Waals surface area contributed by atoms with Crippen molar-refractivity contribution in [1.29, 1.82) is 0 Å². The second kappa shape index (κ2) is 13.2. The molecule has 7 nitrogen and oxygen atoms in total. The zero-order chi connectivity index (χ0) is 28.8. The Hall–Kier alpha value is -3.52. The van der Waals surface area contributed by atoms with Crippen LogP contribution in [0.5, 0.6) is 17.2 Å². The van der Waals surface area contributed by atoms with Crippen LogP contribution in [0.1, 0.15) is 35.6 Å². The number of carbonyl (C=O) groups excluding carboxylic acids is 2. The van der Waals surface area contributed by atoms with Crippen molar-refractivity contribution in [2.24, 2.45) is 5.92 Å². The van der Waals surface area contributed by atoms with Crippen molar-refractivity contribution in [3.05, 3.63) is 93.5 Å². The number of ketones is 1. The number of hydrogen-bond donors (Lipinski definition) is 1. The predicted octanol–water partition coefficient (Wildman–Crippen LogP) is 6.28. The highest BCUT2D eigenvalue weighted by molar-refractivity contribution is 6.32. The molecule has 1 aliphatic rings. The van der Waals surface area contributed by atoms with E-state index in [-0.39, 0.29) is 12.4 Å². The van der Waals surface area contributed by atoms with Gasteiger partial charge in [-0.1, -0.05) is 59.6 Å². The number of carbonyl (C=O) groups is 2. The average molecular weight is 584 g/mol. The van der Waals surface area contributed by atoms with Crippen LogP contribution in [-0.2, 0) is 14.3 Å². The Morgan fingerprint density at radius 1 is 0.900 bits per heavy atom. The lowest BCUT2D eigenvalue weighted by Crippen LogP contribution is -2.37. The van der Waals surface area contributed by atoms with Crippen LogP contribution in [0, 0.1) is 5.92 Å². The summed E-state index contributed by atoms with van der Waals surface area (Å²) in [5.41, 5.74) is 2.03. The standard InChI is InChI=1S/C31H31Cl2NO6/c1-5-40-31(36)29-26(20-11-7-9-13-22(20)33)27(23(35)15-14-18-10-6-8-12-21(18)32)28(34-29)19-16-24(37-2)30(39-4)25(17-19)38-3/h6-17,26-29,34H,5H2,1-4H3/b15-14+/t26-,27-,28-,29-/m0/s1. The summed E-state index contributed by atoms with van der Waals surface area (Å²) in [7, 11) is 4.56. The molecule has 1 N–H and O–H groups in total. The third-order valence-electron chi connectivity index (χ3n) is 6.98. The summed E-state index contributed by atoms with van der Waals surface area (Å²) in [6.45, 7) is 1.93. The highest BCUT2D eigenvalue weighted by atomic mass is 35.5. The van der Waals surface area contributed by atoms with Gasteiger partial charge in [-0.3, -0.25) is 14.9 Å². The lowest BCUT2D eigenvalue weighted by molar-refractivity contribution is -0.145. The maximum absolute atomic E-state index is 14.1. The van der Waals surface area contributed by atoms with Crippen molar-refractivity contribution in [2.75, 3.05) is 27.9 Å². The predicted molar refractivity (Wildman–Crippen MR) is 156 cm³/mol. The molecule has 3 aromatic rings. The van der Waals surface area contributed by atoms with Gasteiger partial charge in [0.15, 0.2) is 17.3 Å². The maximum atomic E-state index is 14.1. The van der Waals surface area contributed by atoms with Crippen molar-refractivity contribution in [1.82, 2.24) is 5.32 Å². The molecule has 0 amide bonds. The van der Waals surface area contributed by atoms with Gasteiger partial charge < -0.3 is 18.9 Å². The Bertz CT molecular complexity index is 1380. The van der Waals surface area contributed by atoms with Gasteiger partial charge in [0.05, 0.1) is 33.9 Å². The fraction of sp³-hybridized carbons (Fsp3) is 0.290. The molecule has 4 atom stereocenters. The molecule has 3 aromatic carbocycles. The number of methoxy groups -OCH3 is 3. The molecule has 0 saturated carbocycles. The van der Waals surface area contributed by atoms with Gasteiger partial charge in [-0.15, -0.1) is 0 Å². The summed E-state index contributed by atoms with van der Waals surface area (Å²) >= 11 is 13.0. The molecule has 4 rings (SSSR count). The molecule has 0 aromatic heterocycles. The van der Waals surface area contributed by atoms with Crippen molar-refractivity contribution >= 4 is 41.0 Å². The van der Waals surface area contributed by atoms with Gasteiger partial charge in [0.2, 0.25) is 5.75 Å². The Labute approximate surface area is 244 Å². The molecule has 1 saturated heterocycles. The van der Waals surface area contributed by atoms with E-state index in [4.69, 9.17) is 42.1 Å². The first-order chi connectivity index (χ1) is 19.3. The molecule has 1 aliphatic heterocycles. The van der Waals surface area contributed by atoms with Crippen molar-refractivity contribution < 1.29 is 28.5 Å². The lowest BCUT2D eigenvalue weighted by Gasteiger charge is -2.25. The maximum Gasteiger partial charge on any atom is 0.323 e. The van der Waals surface area contributed by atoms with E-state index in [1.807, 2.05) is 30.3 Å². The molecule has 0 aliphatic carbocycles. The molecule has 0 unspecified atom stereocenters. The first-order valence-corrected chi connectivity index (χ1v) is 13.5. The van der Waals surface area contributed by atoms with Crippen LogP contribution in [0.3, 0.4) is 0 Å². The number of hydrogen-bond acceptors (Lipinski definition) is 7. The SMILES string of the molecule is CCOC(=O)[C@H]1N[C@@H](c2cc(OC)c(OC)c(OC)c2)[C@@H](C(=O)/C=C/c2ccccc2Cl)[C@@H]1c1ccccc1Cl. The van der Waals surface area contributed by atoms with Crippen LogP contribution < -0.4 is 19.5 Å². The van der Waals surface area contributed by atoms with Crippen LogP contribution >= 0.6 is 23.2 Å². The minimum absolute atomic E-state index is 0.187. The van der Waals surface area contributed by atoms with Crippen LogP contribution in [0.4, 0.5) is 0 Å². The molecule has 1 fully saturated rings. The Morgan fingerprint density at radius 2 is 1.52 bits per heavy atom. The van der Waals surface area contributed by atoms with E-state index in [9.17, 15) is 9.59 Å². The highest BCUT2D eigenvalue weighted by Crippen LogP contribution is 2.49. The van der Waals surface area contributed by atoms with Crippen LogP contribution in [-0.4, -0.2) is 45.7 Å². The van der Waals surface area contributed by atoms with E-state index in [1.54, 1.807) is 43.3 Å². The number of rotatable bonds is 10. The smallest absolute Gasteiger partial charge is 0.323 e. The molecular formula is C31H31Cl2NO6. The second-order valence-electron chi connectivity index (χ2n) is 9.16. The van der Waals surface area contributed by atoms with Gasteiger partial charge in [0, 0.05) is 22.0 Å². The molecular weight excluding hydrogens is 553 g/mol.